The molecule has 7 heteroatoms. The van der Waals surface area contributed by atoms with Crippen LogP contribution in [0.25, 0.3) is 17.5 Å². The first kappa shape index (κ1) is 18.5. The van der Waals surface area contributed by atoms with Gasteiger partial charge in [0.05, 0.1) is 5.41 Å². The molecular weight excluding hydrogens is 380 g/mol. The average Bonchev–Trinajstić information content (AvgIpc) is 3.48. The van der Waals surface area contributed by atoms with E-state index in [1.165, 1.54) is 0 Å². The third-order valence-electron chi connectivity index (χ3n) is 6.27. The SMILES string of the molecule is O=C(/C=C/c1ccc(O)cc1)N1C[C@H]2CCC[C@@]2(c2nc(-c3cccnc3)no2)C1. The highest BCUT2D eigenvalue weighted by Crippen LogP contribution is 2.50. The Bertz CT molecular complexity index is 1080. The number of pyridine rings is 1. The quantitative estimate of drug-likeness (QED) is 0.672. The van der Waals surface area contributed by atoms with Crippen LogP contribution in [-0.2, 0) is 10.2 Å². The topological polar surface area (TPSA) is 92.3 Å². The van der Waals surface area contributed by atoms with Gasteiger partial charge >= 0.3 is 0 Å². The van der Waals surface area contributed by atoms with Crippen LogP contribution < -0.4 is 0 Å². The standard InChI is InChI=1S/C23H22N4O3/c28-19-8-5-16(6-9-19)7-10-20(29)27-14-18-4-1-11-23(18,15-27)22-25-21(26-30-22)17-3-2-12-24-13-17/h2-3,5-10,12-13,18,28H,1,4,11,14-15H2/b10-7+/t18-,23-/m1/s1. The molecule has 7 nitrogen and oxygen atoms in total. The third-order valence-corrected chi connectivity index (χ3v) is 6.27. The molecule has 5 rings (SSSR count). The van der Waals surface area contributed by atoms with Gasteiger partial charge in [-0.1, -0.05) is 23.7 Å². The third kappa shape index (κ3) is 3.26. The Morgan fingerprint density at radius 3 is 2.93 bits per heavy atom. The fourth-order valence-corrected chi connectivity index (χ4v) is 4.70. The molecule has 2 aromatic heterocycles. The van der Waals surface area contributed by atoms with E-state index in [4.69, 9.17) is 9.51 Å². The van der Waals surface area contributed by atoms with Gasteiger partial charge in [-0.3, -0.25) is 9.78 Å². The molecule has 2 fully saturated rings. The van der Waals surface area contributed by atoms with E-state index >= 15 is 0 Å². The largest absolute Gasteiger partial charge is 0.508 e. The summed E-state index contributed by atoms with van der Waals surface area (Å²) in [6.07, 6.45) is 9.89. The second-order valence-electron chi connectivity index (χ2n) is 8.05. The maximum Gasteiger partial charge on any atom is 0.246 e. The van der Waals surface area contributed by atoms with E-state index in [9.17, 15) is 9.90 Å². The van der Waals surface area contributed by atoms with Gasteiger partial charge in [0.1, 0.15) is 5.75 Å². The Morgan fingerprint density at radius 1 is 1.27 bits per heavy atom. The van der Waals surface area contributed by atoms with Crippen LogP contribution >= 0.6 is 0 Å². The van der Waals surface area contributed by atoms with Crippen molar-refractivity contribution >= 4 is 12.0 Å². The predicted molar refractivity (Wildman–Crippen MR) is 110 cm³/mol. The highest BCUT2D eigenvalue weighted by molar-refractivity contribution is 5.92. The molecule has 1 N–H and O–H groups in total. The Kier molecular flexibility index (Phi) is 4.58. The van der Waals surface area contributed by atoms with Crippen LogP contribution in [0.1, 0.15) is 30.7 Å². The molecule has 1 aliphatic heterocycles. The summed E-state index contributed by atoms with van der Waals surface area (Å²) in [5.74, 6) is 1.67. The number of phenols is 1. The van der Waals surface area contributed by atoms with Crippen LogP contribution in [0.2, 0.25) is 0 Å². The number of nitrogens with zero attached hydrogens (tertiary/aromatic N) is 4. The van der Waals surface area contributed by atoms with Crippen molar-refractivity contribution in [2.45, 2.75) is 24.7 Å². The minimum atomic E-state index is -0.268. The minimum Gasteiger partial charge on any atom is -0.508 e. The van der Waals surface area contributed by atoms with Crippen LogP contribution in [-0.4, -0.2) is 44.1 Å². The zero-order valence-electron chi connectivity index (χ0n) is 16.4. The van der Waals surface area contributed by atoms with Crippen LogP contribution in [0.4, 0.5) is 0 Å². The van der Waals surface area contributed by atoms with Gasteiger partial charge in [0.15, 0.2) is 0 Å². The Balaban J connectivity index is 1.35. The number of amides is 1. The lowest BCUT2D eigenvalue weighted by atomic mass is 9.80. The summed E-state index contributed by atoms with van der Waals surface area (Å²) in [6.45, 7) is 1.29. The lowest BCUT2D eigenvalue weighted by Crippen LogP contribution is -2.34. The van der Waals surface area contributed by atoms with E-state index in [-0.39, 0.29) is 17.1 Å². The number of benzene rings is 1. The summed E-state index contributed by atoms with van der Waals surface area (Å²) < 4.78 is 5.71. The monoisotopic (exact) mass is 402 g/mol. The molecule has 1 saturated carbocycles. The number of likely N-dealkylation sites (tertiary alicyclic amines) is 1. The van der Waals surface area contributed by atoms with E-state index in [0.29, 0.717) is 30.7 Å². The Labute approximate surface area is 174 Å². The molecular formula is C23H22N4O3. The van der Waals surface area contributed by atoms with Gasteiger partial charge in [-0.15, -0.1) is 0 Å². The zero-order chi connectivity index (χ0) is 20.6. The summed E-state index contributed by atoms with van der Waals surface area (Å²) in [4.78, 5) is 23.5. The molecule has 2 atom stereocenters. The number of carbonyl (C=O) groups is 1. The molecule has 30 heavy (non-hydrogen) atoms. The number of hydrogen-bond donors (Lipinski definition) is 1. The molecule has 0 spiro atoms. The Morgan fingerprint density at radius 2 is 2.13 bits per heavy atom. The van der Waals surface area contributed by atoms with Gasteiger partial charge in [0.25, 0.3) is 0 Å². The molecule has 152 valence electrons. The van der Waals surface area contributed by atoms with Gasteiger partial charge in [-0.05, 0) is 54.7 Å². The normalized spacial score (nSPS) is 23.2. The van der Waals surface area contributed by atoms with Crippen LogP contribution in [0.3, 0.4) is 0 Å². The Hall–Kier alpha value is -3.48. The zero-order valence-corrected chi connectivity index (χ0v) is 16.4. The van der Waals surface area contributed by atoms with Crippen LogP contribution in [0.15, 0.2) is 59.4 Å². The van der Waals surface area contributed by atoms with Crippen molar-refractivity contribution in [3.63, 3.8) is 0 Å². The molecule has 1 aromatic carbocycles. The number of phenolic OH excluding ortho intramolecular Hbond substituents is 1. The number of hydrogen-bond acceptors (Lipinski definition) is 6. The van der Waals surface area contributed by atoms with Gasteiger partial charge in [-0.25, -0.2) is 0 Å². The summed E-state index contributed by atoms with van der Waals surface area (Å²) in [7, 11) is 0. The van der Waals surface area contributed by atoms with Crippen molar-refractivity contribution in [3.8, 4) is 17.1 Å². The predicted octanol–water partition coefficient (Wildman–Crippen LogP) is 3.43. The summed E-state index contributed by atoms with van der Waals surface area (Å²) in [6, 6.07) is 10.5. The lowest BCUT2D eigenvalue weighted by Gasteiger charge is -2.23. The van der Waals surface area contributed by atoms with Crippen molar-refractivity contribution in [2.24, 2.45) is 5.92 Å². The number of fused-ring (bicyclic) bond motifs is 1. The number of carbonyl (C=O) groups excluding carboxylic acids is 1. The van der Waals surface area contributed by atoms with Gasteiger partial charge in [0, 0.05) is 37.1 Å². The molecule has 0 unspecified atom stereocenters. The van der Waals surface area contributed by atoms with Crippen molar-refractivity contribution < 1.29 is 14.4 Å². The molecule has 3 heterocycles. The first-order chi connectivity index (χ1) is 14.6. The van der Waals surface area contributed by atoms with Crippen molar-refractivity contribution in [1.29, 1.82) is 0 Å². The van der Waals surface area contributed by atoms with E-state index in [1.807, 2.05) is 17.0 Å². The van der Waals surface area contributed by atoms with E-state index in [1.54, 1.807) is 48.8 Å². The smallest absolute Gasteiger partial charge is 0.246 e. The van der Waals surface area contributed by atoms with Gasteiger partial charge < -0.3 is 14.5 Å². The van der Waals surface area contributed by atoms with Gasteiger partial charge in [-0.2, -0.15) is 4.98 Å². The fraction of sp³-hybridized carbons (Fsp3) is 0.304. The van der Waals surface area contributed by atoms with Crippen LogP contribution in [0.5, 0.6) is 5.75 Å². The van der Waals surface area contributed by atoms with Crippen molar-refractivity contribution in [3.05, 3.63) is 66.3 Å². The second-order valence-corrected chi connectivity index (χ2v) is 8.05. The van der Waals surface area contributed by atoms with Crippen molar-refractivity contribution in [2.75, 3.05) is 13.1 Å². The fourth-order valence-electron chi connectivity index (χ4n) is 4.70. The molecule has 1 aliphatic carbocycles. The van der Waals surface area contributed by atoms with Crippen molar-refractivity contribution in [1.82, 2.24) is 20.0 Å². The molecule has 0 bridgehead atoms. The lowest BCUT2D eigenvalue weighted by molar-refractivity contribution is -0.125. The highest BCUT2D eigenvalue weighted by atomic mass is 16.5. The summed E-state index contributed by atoms with van der Waals surface area (Å²) >= 11 is 0. The maximum atomic E-state index is 12.8. The summed E-state index contributed by atoms with van der Waals surface area (Å²) in [5, 5.41) is 13.6. The molecule has 1 saturated heterocycles. The van der Waals surface area contributed by atoms with E-state index in [2.05, 4.69) is 10.1 Å². The highest BCUT2D eigenvalue weighted by Gasteiger charge is 2.55. The maximum absolute atomic E-state index is 12.8. The van der Waals surface area contributed by atoms with E-state index < -0.39 is 0 Å². The van der Waals surface area contributed by atoms with E-state index in [0.717, 1.165) is 30.4 Å². The van der Waals surface area contributed by atoms with Gasteiger partial charge in [0.2, 0.25) is 17.6 Å². The number of rotatable bonds is 4. The minimum absolute atomic E-state index is 0.0242. The molecule has 0 radical (unpaired) electrons. The second kappa shape index (κ2) is 7.40. The molecule has 1 amide bonds. The summed E-state index contributed by atoms with van der Waals surface area (Å²) in [5.41, 5.74) is 1.42. The molecule has 2 aliphatic rings. The number of aromatic nitrogens is 3. The molecule has 3 aromatic rings. The average molecular weight is 402 g/mol. The first-order valence-corrected chi connectivity index (χ1v) is 10.1. The first-order valence-electron chi connectivity index (χ1n) is 10.1. The number of aromatic hydroxyl groups is 1. The van der Waals surface area contributed by atoms with Crippen LogP contribution in [0, 0.1) is 5.92 Å².